The highest BCUT2D eigenvalue weighted by atomic mass is 79.9. The van der Waals surface area contributed by atoms with Crippen molar-refractivity contribution >= 4 is 15.9 Å². The Hall–Kier alpha value is -1.10. The van der Waals surface area contributed by atoms with E-state index in [1.54, 1.807) is 0 Å². The second kappa shape index (κ2) is 3.29. The molecule has 1 saturated carbocycles. The number of fused-ring (bicyclic) bond motifs is 4. The highest BCUT2D eigenvalue weighted by molar-refractivity contribution is 9.10. The molecule has 0 saturated heterocycles. The van der Waals surface area contributed by atoms with Crippen molar-refractivity contribution in [2.24, 2.45) is 12.5 Å². The Morgan fingerprint density at radius 2 is 2.14 bits per heavy atom. The third-order valence-electron chi connectivity index (χ3n) is 6.75. The zero-order chi connectivity index (χ0) is 14.6. The number of hydrogen-bond acceptors (Lipinski definition) is 3. The number of aromatic nitrogens is 3. The molecule has 0 radical (unpaired) electrons. The molecule has 1 fully saturated rings. The molecule has 3 aliphatic rings. The Bertz CT molecular complexity index is 794. The summed E-state index contributed by atoms with van der Waals surface area (Å²) in [7, 11) is 2.08. The first-order valence-electron chi connectivity index (χ1n) is 7.59. The van der Waals surface area contributed by atoms with Crippen LogP contribution in [0.5, 0.6) is 0 Å². The van der Waals surface area contributed by atoms with Crippen molar-refractivity contribution in [2.75, 3.05) is 0 Å². The van der Waals surface area contributed by atoms with Crippen LogP contribution in [-0.2, 0) is 30.7 Å². The van der Waals surface area contributed by atoms with Gasteiger partial charge in [0.25, 0.3) is 0 Å². The van der Waals surface area contributed by atoms with Crippen LogP contribution in [0.3, 0.4) is 0 Å². The molecule has 4 nitrogen and oxygen atoms in total. The van der Waals surface area contributed by atoms with Crippen molar-refractivity contribution in [1.82, 2.24) is 14.9 Å². The molecular formula is C16H18BrN3O. The van der Waals surface area contributed by atoms with Crippen LogP contribution in [-0.4, -0.2) is 14.9 Å². The highest BCUT2D eigenvalue weighted by Gasteiger charge is 2.78. The van der Waals surface area contributed by atoms with E-state index in [2.05, 4.69) is 51.8 Å². The molecular weight excluding hydrogens is 330 g/mol. The van der Waals surface area contributed by atoms with Crippen molar-refractivity contribution < 1.29 is 4.52 Å². The largest absolute Gasteiger partial charge is 0.361 e. The lowest BCUT2D eigenvalue weighted by Gasteiger charge is -2.47. The summed E-state index contributed by atoms with van der Waals surface area (Å²) in [5, 5.41) is 8.73. The van der Waals surface area contributed by atoms with Gasteiger partial charge < -0.3 is 4.52 Å². The number of hydrogen-bond donors (Lipinski definition) is 0. The zero-order valence-electron chi connectivity index (χ0n) is 12.5. The normalized spacial score (nSPS) is 39.2. The number of rotatable bonds is 0. The lowest BCUT2D eigenvalue weighted by atomic mass is 9.56. The Morgan fingerprint density at radius 3 is 2.95 bits per heavy atom. The lowest BCUT2D eigenvalue weighted by molar-refractivity contribution is 0.155. The third kappa shape index (κ3) is 1.10. The molecule has 3 atom stereocenters. The van der Waals surface area contributed by atoms with Gasteiger partial charge in [0.15, 0.2) is 0 Å². The molecule has 0 N–H and O–H groups in total. The van der Waals surface area contributed by atoms with Crippen molar-refractivity contribution in [3.63, 3.8) is 0 Å². The topological polar surface area (TPSA) is 43.9 Å². The molecule has 2 heterocycles. The standard InChI is InChI=1S/C16H18BrN3O/c1-14-6-9-7-18-21-12(9)15(2)8-16(14,15)5-4-10-11(14)20(3)19-13(10)17/h7H,4-6,8H2,1-3H3/t14-,15?,16+/m1/s1. The van der Waals surface area contributed by atoms with E-state index in [1.807, 2.05) is 6.20 Å². The number of halogens is 1. The molecule has 21 heavy (non-hydrogen) atoms. The average Bonchev–Trinajstić information content (AvgIpc) is 2.72. The quantitative estimate of drug-likeness (QED) is 0.734. The minimum Gasteiger partial charge on any atom is -0.361 e. The third-order valence-corrected chi connectivity index (χ3v) is 7.39. The van der Waals surface area contributed by atoms with Crippen LogP contribution in [0, 0.1) is 5.41 Å². The van der Waals surface area contributed by atoms with E-state index in [-0.39, 0.29) is 10.8 Å². The molecule has 110 valence electrons. The molecule has 0 aromatic carbocycles. The van der Waals surface area contributed by atoms with E-state index < -0.39 is 0 Å². The highest BCUT2D eigenvalue weighted by Crippen LogP contribution is 2.79. The van der Waals surface area contributed by atoms with Gasteiger partial charge in [-0.25, -0.2) is 0 Å². The van der Waals surface area contributed by atoms with Crippen LogP contribution >= 0.6 is 15.9 Å². The fourth-order valence-corrected chi connectivity index (χ4v) is 6.41. The van der Waals surface area contributed by atoms with Crippen molar-refractivity contribution in [2.45, 2.75) is 50.4 Å². The van der Waals surface area contributed by atoms with Gasteiger partial charge in [-0.15, -0.1) is 0 Å². The van der Waals surface area contributed by atoms with Crippen LogP contribution < -0.4 is 0 Å². The van der Waals surface area contributed by atoms with Gasteiger partial charge >= 0.3 is 0 Å². The van der Waals surface area contributed by atoms with Crippen molar-refractivity contribution in [1.29, 1.82) is 0 Å². The summed E-state index contributed by atoms with van der Waals surface area (Å²) in [4.78, 5) is 0. The zero-order valence-corrected chi connectivity index (χ0v) is 14.1. The number of nitrogens with zero attached hydrogens (tertiary/aromatic N) is 3. The van der Waals surface area contributed by atoms with Crippen LogP contribution in [0.4, 0.5) is 0 Å². The molecule has 2 aromatic rings. The first-order valence-corrected chi connectivity index (χ1v) is 8.38. The lowest BCUT2D eigenvalue weighted by Crippen LogP contribution is -2.48. The predicted octanol–water partition coefficient (Wildman–Crippen LogP) is 3.28. The van der Waals surface area contributed by atoms with Gasteiger partial charge in [0, 0.05) is 34.7 Å². The van der Waals surface area contributed by atoms with Gasteiger partial charge in [-0.05, 0) is 47.0 Å². The smallest absolute Gasteiger partial charge is 0.146 e. The summed E-state index contributed by atoms with van der Waals surface area (Å²) >= 11 is 3.65. The summed E-state index contributed by atoms with van der Waals surface area (Å²) in [5.74, 6) is 1.14. The van der Waals surface area contributed by atoms with Crippen molar-refractivity contribution in [3.05, 3.63) is 33.4 Å². The van der Waals surface area contributed by atoms with Gasteiger partial charge in [0.2, 0.25) is 0 Å². The van der Waals surface area contributed by atoms with E-state index in [0.717, 1.165) is 23.2 Å². The molecule has 0 amide bonds. The second-order valence-corrected chi connectivity index (χ2v) is 8.27. The average molecular weight is 348 g/mol. The van der Waals surface area contributed by atoms with Gasteiger partial charge in [0.05, 0.1) is 6.20 Å². The molecule has 0 bridgehead atoms. The van der Waals surface area contributed by atoms with E-state index in [9.17, 15) is 0 Å². The minimum absolute atomic E-state index is 0.127. The van der Waals surface area contributed by atoms with Gasteiger partial charge in [-0.3, -0.25) is 4.68 Å². The molecule has 0 aliphatic heterocycles. The predicted molar refractivity (Wildman–Crippen MR) is 81.2 cm³/mol. The first-order chi connectivity index (χ1) is 9.93. The van der Waals surface area contributed by atoms with Crippen LogP contribution in [0.25, 0.3) is 0 Å². The fourth-order valence-electron chi connectivity index (χ4n) is 5.79. The maximum atomic E-state index is 5.64. The van der Waals surface area contributed by atoms with Crippen molar-refractivity contribution in [3.8, 4) is 0 Å². The molecule has 3 aliphatic carbocycles. The Labute approximate surface area is 132 Å². The summed E-state index contributed by atoms with van der Waals surface area (Å²) in [6.45, 7) is 4.80. The Kier molecular flexibility index (Phi) is 1.95. The van der Waals surface area contributed by atoms with E-state index in [1.165, 1.54) is 29.7 Å². The SMILES string of the molecule is Cn1nc(Br)c2c1[C@@]1(C)Cc3cnoc3C3(C)C[C@]31CC2. The maximum absolute atomic E-state index is 5.64. The van der Waals surface area contributed by atoms with Crippen LogP contribution in [0.15, 0.2) is 15.3 Å². The molecule has 5 rings (SSSR count). The van der Waals surface area contributed by atoms with Crippen LogP contribution in [0.2, 0.25) is 0 Å². The second-order valence-electron chi connectivity index (χ2n) is 7.52. The molecule has 5 heteroatoms. The summed E-state index contributed by atoms with van der Waals surface area (Å²) in [6.07, 6.45) is 6.48. The van der Waals surface area contributed by atoms with E-state index in [0.29, 0.717) is 5.41 Å². The van der Waals surface area contributed by atoms with Gasteiger partial charge in [0.1, 0.15) is 10.4 Å². The van der Waals surface area contributed by atoms with Gasteiger partial charge in [-0.1, -0.05) is 19.0 Å². The first kappa shape index (κ1) is 12.4. The summed E-state index contributed by atoms with van der Waals surface area (Å²) < 4.78 is 8.76. The minimum atomic E-state index is 0.127. The fraction of sp³-hybridized carbons (Fsp3) is 0.625. The number of aryl methyl sites for hydroxylation is 1. The van der Waals surface area contributed by atoms with E-state index >= 15 is 0 Å². The van der Waals surface area contributed by atoms with Gasteiger partial charge in [-0.2, -0.15) is 5.10 Å². The summed E-state index contributed by atoms with van der Waals surface area (Å²) in [6, 6.07) is 0. The summed E-state index contributed by atoms with van der Waals surface area (Å²) in [5.41, 5.74) is 4.70. The van der Waals surface area contributed by atoms with Crippen LogP contribution in [0.1, 0.15) is 49.3 Å². The molecule has 2 aromatic heterocycles. The van der Waals surface area contributed by atoms with E-state index in [4.69, 9.17) is 4.52 Å². The Morgan fingerprint density at radius 1 is 1.33 bits per heavy atom. The monoisotopic (exact) mass is 347 g/mol. The molecule has 1 unspecified atom stereocenters. The maximum Gasteiger partial charge on any atom is 0.146 e. The molecule has 1 spiro atoms. The Balaban J connectivity index is 1.82.